The first-order valence-corrected chi connectivity index (χ1v) is 7.86. The molecule has 1 aromatic carbocycles. The van der Waals surface area contributed by atoms with Crippen LogP contribution in [-0.2, 0) is 24.1 Å². The van der Waals surface area contributed by atoms with Crippen LogP contribution in [0.15, 0.2) is 47.4 Å². The highest BCUT2D eigenvalue weighted by Crippen LogP contribution is 2.26. The molecule has 0 aliphatic carbocycles. The van der Waals surface area contributed by atoms with Gasteiger partial charge in [0.15, 0.2) is 0 Å². The Morgan fingerprint density at radius 2 is 1.69 bits per heavy atom. The summed E-state index contributed by atoms with van der Waals surface area (Å²) in [5.41, 5.74) is -0.618. The third kappa shape index (κ3) is 4.65. The first-order valence-electron chi connectivity index (χ1n) is 7.86. The maximum absolute atomic E-state index is 12.8. The summed E-state index contributed by atoms with van der Waals surface area (Å²) in [5, 5.41) is 0. The average Bonchev–Trinajstić information content (AvgIpc) is 2.56. The molecule has 0 radical (unpaired) electrons. The van der Waals surface area contributed by atoms with Crippen molar-refractivity contribution in [3.8, 4) is 0 Å². The minimum atomic E-state index is -4.75. The van der Waals surface area contributed by atoms with E-state index in [1.54, 1.807) is 7.05 Å². The minimum absolute atomic E-state index is 0.292. The Hall–Kier alpha value is -2.77. The van der Waals surface area contributed by atoms with Gasteiger partial charge in [-0.15, -0.1) is 0 Å². The number of aromatic nitrogens is 1. The van der Waals surface area contributed by atoms with E-state index < -0.39 is 29.8 Å². The van der Waals surface area contributed by atoms with Gasteiger partial charge in [-0.25, -0.2) is 0 Å². The van der Waals surface area contributed by atoms with E-state index in [-0.39, 0.29) is 0 Å². The molecule has 0 fully saturated rings. The standard InChI is InChI=1S/C18H20F3N3O2/c1-22(2)14-8-6-13(7-9-14)11-23(3)16(25)12-24-10-4-5-15(17(24)26)18(19,20)21/h4-10H,11-12H2,1-3H3. The second kappa shape index (κ2) is 7.63. The zero-order valence-corrected chi connectivity index (χ0v) is 14.7. The maximum Gasteiger partial charge on any atom is 0.421 e. The van der Waals surface area contributed by atoms with E-state index in [2.05, 4.69) is 0 Å². The van der Waals surface area contributed by atoms with Gasteiger partial charge in [0.2, 0.25) is 5.91 Å². The minimum Gasteiger partial charge on any atom is -0.378 e. The van der Waals surface area contributed by atoms with Crippen LogP contribution in [0, 0.1) is 0 Å². The summed E-state index contributed by atoms with van der Waals surface area (Å²) in [6.45, 7) is -0.157. The summed E-state index contributed by atoms with van der Waals surface area (Å²) < 4.78 is 39.1. The Kier molecular flexibility index (Phi) is 5.74. The van der Waals surface area contributed by atoms with Crippen LogP contribution < -0.4 is 10.5 Å². The lowest BCUT2D eigenvalue weighted by atomic mass is 10.2. The number of hydrogen-bond acceptors (Lipinski definition) is 3. The van der Waals surface area contributed by atoms with Gasteiger partial charge < -0.3 is 14.4 Å². The third-order valence-corrected chi connectivity index (χ3v) is 3.93. The van der Waals surface area contributed by atoms with Gasteiger partial charge in [-0.05, 0) is 29.8 Å². The Morgan fingerprint density at radius 1 is 1.08 bits per heavy atom. The van der Waals surface area contributed by atoms with Crippen molar-refractivity contribution >= 4 is 11.6 Å². The second-order valence-corrected chi connectivity index (χ2v) is 6.16. The van der Waals surface area contributed by atoms with Crippen LogP contribution >= 0.6 is 0 Å². The third-order valence-electron chi connectivity index (χ3n) is 3.93. The zero-order valence-electron chi connectivity index (χ0n) is 14.7. The van der Waals surface area contributed by atoms with Gasteiger partial charge in [-0.2, -0.15) is 13.2 Å². The highest BCUT2D eigenvalue weighted by atomic mass is 19.4. The number of benzene rings is 1. The lowest BCUT2D eigenvalue weighted by Gasteiger charge is -2.19. The highest BCUT2D eigenvalue weighted by Gasteiger charge is 2.34. The number of rotatable bonds is 5. The van der Waals surface area contributed by atoms with Crippen LogP contribution in [0.25, 0.3) is 0 Å². The van der Waals surface area contributed by atoms with Crippen LogP contribution in [0.4, 0.5) is 18.9 Å². The largest absolute Gasteiger partial charge is 0.421 e. The number of pyridine rings is 1. The van der Waals surface area contributed by atoms with Crippen LogP contribution in [0.2, 0.25) is 0 Å². The number of halogens is 3. The topological polar surface area (TPSA) is 45.5 Å². The lowest BCUT2D eigenvalue weighted by molar-refractivity contribution is -0.139. The van der Waals surface area contributed by atoms with E-state index >= 15 is 0 Å². The molecule has 2 aromatic rings. The van der Waals surface area contributed by atoms with Crippen LogP contribution in [0.1, 0.15) is 11.1 Å². The molecule has 0 saturated heterocycles. The zero-order chi connectivity index (χ0) is 19.5. The summed E-state index contributed by atoms with van der Waals surface area (Å²) in [4.78, 5) is 27.5. The van der Waals surface area contributed by atoms with E-state index in [1.807, 2.05) is 43.3 Å². The molecule has 0 atom stereocenters. The van der Waals surface area contributed by atoms with Crippen molar-refractivity contribution < 1.29 is 18.0 Å². The predicted octanol–water partition coefficient (Wildman–Crippen LogP) is 2.59. The Balaban J connectivity index is 2.09. The maximum atomic E-state index is 12.8. The van der Waals surface area contributed by atoms with E-state index in [0.29, 0.717) is 12.6 Å². The molecule has 8 heteroatoms. The number of hydrogen-bond donors (Lipinski definition) is 0. The molecule has 1 amide bonds. The van der Waals surface area contributed by atoms with Gasteiger partial charge in [0.1, 0.15) is 12.1 Å². The first kappa shape index (κ1) is 19.6. The highest BCUT2D eigenvalue weighted by molar-refractivity contribution is 5.75. The predicted molar refractivity (Wildman–Crippen MR) is 92.9 cm³/mol. The van der Waals surface area contributed by atoms with E-state index in [1.165, 1.54) is 11.1 Å². The number of likely N-dealkylation sites (N-methyl/N-ethyl adjacent to an activating group) is 1. The quantitative estimate of drug-likeness (QED) is 0.816. The molecular formula is C18H20F3N3O2. The fraction of sp³-hybridized carbons (Fsp3) is 0.333. The Labute approximate surface area is 149 Å². The van der Waals surface area contributed by atoms with Gasteiger partial charge in [-0.3, -0.25) is 9.59 Å². The Morgan fingerprint density at radius 3 is 2.23 bits per heavy atom. The summed E-state index contributed by atoms with van der Waals surface area (Å²) in [7, 11) is 5.37. The molecular weight excluding hydrogens is 347 g/mol. The molecule has 1 heterocycles. The fourth-order valence-electron chi connectivity index (χ4n) is 2.41. The SMILES string of the molecule is CN(Cc1ccc(N(C)C)cc1)C(=O)Cn1cccc(C(F)(F)F)c1=O. The van der Waals surface area contributed by atoms with Crippen LogP contribution in [0.5, 0.6) is 0 Å². The van der Waals surface area contributed by atoms with Gasteiger partial charge >= 0.3 is 6.18 Å². The average molecular weight is 367 g/mol. The van der Waals surface area contributed by atoms with Crippen molar-refractivity contribution in [1.82, 2.24) is 9.47 Å². The summed E-state index contributed by atoms with van der Waals surface area (Å²) in [6, 6.07) is 9.37. The molecule has 0 spiro atoms. The van der Waals surface area contributed by atoms with E-state index in [9.17, 15) is 22.8 Å². The van der Waals surface area contributed by atoms with Gasteiger partial charge in [0.05, 0.1) is 0 Å². The van der Waals surface area contributed by atoms with Crippen LogP contribution in [0.3, 0.4) is 0 Å². The van der Waals surface area contributed by atoms with Crippen molar-refractivity contribution in [2.75, 3.05) is 26.0 Å². The molecule has 0 saturated carbocycles. The molecule has 0 aliphatic heterocycles. The van der Waals surface area contributed by atoms with Gasteiger partial charge in [0, 0.05) is 39.6 Å². The first-order chi connectivity index (χ1) is 12.1. The second-order valence-electron chi connectivity index (χ2n) is 6.16. The van der Waals surface area contributed by atoms with E-state index in [0.717, 1.165) is 21.9 Å². The van der Waals surface area contributed by atoms with Crippen molar-refractivity contribution in [3.63, 3.8) is 0 Å². The number of alkyl halides is 3. The van der Waals surface area contributed by atoms with Crippen molar-refractivity contribution in [1.29, 1.82) is 0 Å². The normalized spacial score (nSPS) is 11.3. The molecule has 0 N–H and O–H groups in total. The monoisotopic (exact) mass is 367 g/mol. The summed E-state index contributed by atoms with van der Waals surface area (Å²) >= 11 is 0. The lowest BCUT2D eigenvalue weighted by Crippen LogP contribution is -2.35. The molecule has 1 aromatic heterocycles. The smallest absolute Gasteiger partial charge is 0.378 e. The number of carbonyl (C=O) groups excluding carboxylic acids is 1. The molecule has 26 heavy (non-hydrogen) atoms. The summed E-state index contributed by atoms with van der Waals surface area (Å²) in [6.07, 6.45) is -3.57. The molecule has 5 nitrogen and oxygen atoms in total. The molecule has 0 aliphatic rings. The van der Waals surface area contributed by atoms with E-state index in [4.69, 9.17) is 0 Å². The summed E-state index contributed by atoms with van der Waals surface area (Å²) in [5.74, 6) is -0.455. The van der Waals surface area contributed by atoms with Crippen molar-refractivity contribution in [2.45, 2.75) is 19.3 Å². The molecule has 140 valence electrons. The number of carbonyl (C=O) groups is 1. The number of nitrogens with zero attached hydrogens (tertiary/aromatic N) is 3. The molecule has 0 bridgehead atoms. The van der Waals surface area contributed by atoms with Crippen molar-refractivity contribution in [3.05, 3.63) is 64.1 Å². The fourth-order valence-corrected chi connectivity index (χ4v) is 2.41. The molecule has 2 rings (SSSR count). The van der Waals surface area contributed by atoms with Gasteiger partial charge in [-0.1, -0.05) is 12.1 Å². The van der Waals surface area contributed by atoms with Gasteiger partial charge in [0.25, 0.3) is 5.56 Å². The van der Waals surface area contributed by atoms with Crippen molar-refractivity contribution in [2.24, 2.45) is 0 Å². The Bertz CT molecular complexity index is 827. The van der Waals surface area contributed by atoms with Crippen LogP contribution in [-0.4, -0.2) is 36.5 Å². The number of anilines is 1. The molecule has 0 unspecified atom stereocenters. The number of amides is 1.